The summed E-state index contributed by atoms with van der Waals surface area (Å²) in [4.78, 5) is 17.1. The van der Waals surface area contributed by atoms with Gasteiger partial charge in [0.1, 0.15) is 18.4 Å². The van der Waals surface area contributed by atoms with Gasteiger partial charge in [-0.25, -0.2) is 24.6 Å². The third-order valence-corrected chi connectivity index (χ3v) is 6.22. The lowest BCUT2D eigenvalue weighted by molar-refractivity contribution is -0.168. The van der Waals surface area contributed by atoms with Crippen molar-refractivity contribution in [2.75, 3.05) is 20.1 Å². The molecule has 2 heterocycles. The number of amides is 1. The lowest BCUT2D eigenvalue weighted by atomic mass is 9.81. The molecule has 0 aromatic rings. The number of nitrogens with zero attached hydrogens (tertiary/aromatic N) is 2. The van der Waals surface area contributed by atoms with Gasteiger partial charge in [0.2, 0.25) is 5.91 Å². The third-order valence-electron chi connectivity index (χ3n) is 6.22. The van der Waals surface area contributed by atoms with E-state index in [9.17, 15) is 26.7 Å². The number of nitrogens with one attached hydrogen (secondary N) is 5. The van der Waals surface area contributed by atoms with Crippen LogP contribution in [-0.2, 0) is 4.79 Å². The van der Waals surface area contributed by atoms with E-state index in [0.717, 1.165) is 0 Å². The van der Waals surface area contributed by atoms with Gasteiger partial charge in [0.25, 0.3) is 0 Å². The van der Waals surface area contributed by atoms with Crippen LogP contribution in [0.5, 0.6) is 0 Å². The van der Waals surface area contributed by atoms with Crippen LogP contribution in [0.4, 0.5) is 22.0 Å². The maximum atomic E-state index is 13.8. The van der Waals surface area contributed by atoms with Crippen LogP contribution < -0.4 is 26.9 Å². The smallest absolute Gasteiger partial charge is 0.339 e. The minimum Gasteiger partial charge on any atom is -0.339 e. The molecule has 0 aromatic heterocycles. The van der Waals surface area contributed by atoms with E-state index in [0.29, 0.717) is 13.0 Å². The van der Waals surface area contributed by atoms with Gasteiger partial charge in [-0.2, -0.15) is 13.2 Å². The molecule has 0 radical (unpaired) electrons. The van der Waals surface area contributed by atoms with E-state index in [1.165, 1.54) is 12.1 Å². The van der Waals surface area contributed by atoms with Crippen molar-refractivity contribution in [2.24, 2.45) is 22.7 Å². The number of hydrogen-bond donors (Lipinski definition) is 5. The molecule has 6 atom stereocenters. The maximum Gasteiger partial charge on any atom is 0.405 e. The molecule has 1 amide bonds. The van der Waals surface area contributed by atoms with Gasteiger partial charge < -0.3 is 5.32 Å². The topological polar surface area (TPSA) is 92.8 Å². The molecule has 1 saturated carbocycles. The SMILES string of the molecule is CC(C)CN=C(NC(=O)C1CN(C)NC1C(F)(F)F)NC1CC(C2CC(F)CC(F)C2)NN1. The molecular weight excluding hydrogens is 449 g/mol. The number of carbonyl (C=O) groups is 1. The minimum atomic E-state index is -4.58. The molecule has 190 valence electrons. The lowest BCUT2D eigenvalue weighted by Crippen LogP contribution is -2.54. The van der Waals surface area contributed by atoms with Crippen molar-refractivity contribution in [3.05, 3.63) is 0 Å². The second kappa shape index (κ2) is 10.8. The number of carbonyl (C=O) groups excluding carboxylic acids is 1. The molecule has 0 aromatic carbocycles. The van der Waals surface area contributed by atoms with Crippen molar-refractivity contribution in [3.63, 3.8) is 0 Å². The molecule has 3 aliphatic rings. The van der Waals surface area contributed by atoms with Crippen LogP contribution in [0.15, 0.2) is 4.99 Å². The van der Waals surface area contributed by atoms with Gasteiger partial charge in [-0.1, -0.05) is 13.8 Å². The number of aliphatic imine (C=N–C) groups is 1. The summed E-state index contributed by atoms with van der Waals surface area (Å²) in [5, 5.41) is 6.79. The van der Waals surface area contributed by atoms with Gasteiger partial charge in [0.05, 0.1) is 12.1 Å². The van der Waals surface area contributed by atoms with E-state index in [1.54, 1.807) is 0 Å². The fourth-order valence-corrected chi connectivity index (χ4v) is 4.62. The molecule has 13 heteroatoms. The number of hydrazine groups is 2. The van der Waals surface area contributed by atoms with Crippen molar-refractivity contribution in [1.82, 2.24) is 31.9 Å². The summed E-state index contributed by atoms with van der Waals surface area (Å²) < 4.78 is 67.6. The van der Waals surface area contributed by atoms with Gasteiger partial charge in [0.15, 0.2) is 5.96 Å². The number of halogens is 5. The molecule has 8 nitrogen and oxygen atoms in total. The summed E-state index contributed by atoms with van der Waals surface area (Å²) in [5.41, 5.74) is 8.32. The fourth-order valence-electron chi connectivity index (χ4n) is 4.62. The van der Waals surface area contributed by atoms with E-state index in [1.807, 2.05) is 13.8 Å². The second-order valence-electron chi connectivity index (χ2n) is 9.70. The fraction of sp³-hybridized carbons (Fsp3) is 0.900. The molecule has 0 bridgehead atoms. The Morgan fingerprint density at radius 3 is 2.39 bits per heavy atom. The average molecular weight is 484 g/mol. The van der Waals surface area contributed by atoms with Gasteiger partial charge in [-0.05, 0) is 31.1 Å². The third kappa shape index (κ3) is 7.20. The molecule has 0 spiro atoms. The van der Waals surface area contributed by atoms with Crippen molar-refractivity contribution < 1.29 is 26.7 Å². The largest absolute Gasteiger partial charge is 0.405 e. The van der Waals surface area contributed by atoms with Crippen LogP contribution in [0, 0.1) is 17.8 Å². The van der Waals surface area contributed by atoms with Crippen LogP contribution in [0.2, 0.25) is 0 Å². The van der Waals surface area contributed by atoms with Crippen LogP contribution in [0.3, 0.4) is 0 Å². The first-order valence-corrected chi connectivity index (χ1v) is 11.4. The Balaban J connectivity index is 1.62. The van der Waals surface area contributed by atoms with E-state index in [4.69, 9.17) is 0 Å². The molecule has 5 N–H and O–H groups in total. The molecule has 3 fully saturated rings. The van der Waals surface area contributed by atoms with Crippen molar-refractivity contribution in [1.29, 1.82) is 0 Å². The average Bonchev–Trinajstić information content (AvgIpc) is 3.32. The quantitative estimate of drug-likeness (QED) is 0.231. The lowest BCUT2D eigenvalue weighted by Gasteiger charge is -2.31. The Morgan fingerprint density at radius 2 is 1.79 bits per heavy atom. The Bertz CT molecular complexity index is 697. The predicted octanol–water partition coefficient (Wildman–Crippen LogP) is 1.37. The maximum absolute atomic E-state index is 13.8. The zero-order chi connectivity index (χ0) is 24.3. The zero-order valence-electron chi connectivity index (χ0n) is 19.1. The summed E-state index contributed by atoms with van der Waals surface area (Å²) in [6.07, 6.45) is -6.38. The number of guanidine groups is 1. The molecule has 33 heavy (non-hydrogen) atoms. The second-order valence-corrected chi connectivity index (χ2v) is 9.70. The molecule has 3 rings (SSSR count). The van der Waals surface area contributed by atoms with Gasteiger partial charge in [-0.15, -0.1) is 0 Å². The highest BCUT2D eigenvalue weighted by molar-refractivity contribution is 5.98. The molecule has 6 unspecified atom stereocenters. The zero-order valence-corrected chi connectivity index (χ0v) is 19.1. The molecule has 2 aliphatic heterocycles. The van der Waals surface area contributed by atoms with Crippen LogP contribution in [-0.4, -0.2) is 73.8 Å². The van der Waals surface area contributed by atoms with Crippen LogP contribution in [0.25, 0.3) is 0 Å². The highest BCUT2D eigenvalue weighted by atomic mass is 19.4. The first-order valence-electron chi connectivity index (χ1n) is 11.4. The normalized spacial score (nSPS) is 36.4. The number of rotatable bonds is 5. The minimum absolute atomic E-state index is 0.0689. The summed E-state index contributed by atoms with van der Waals surface area (Å²) in [5.74, 6) is -2.08. The number of hydrogen-bond acceptors (Lipinski definition) is 6. The van der Waals surface area contributed by atoms with Gasteiger partial charge in [0, 0.05) is 32.6 Å². The van der Waals surface area contributed by atoms with Crippen LogP contribution >= 0.6 is 0 Å². The van der Waals surface area contributed by atoms with Crippen molar-refractivity contribution in [3.8, 4) is 0 Å². The Labute approximate surface area is 190 Å². The highest BCUT2D eigenvalue weighted by Crippen LogP contribution is 2.33. The van der Waals surface area contributed by atoms with E-state index >= 15 is 0 Å². The Morgan fingerprint density at radius 1 is 1.12 bits per heavy atom. The molecule has 1 aliphatic carbocycles. The summed E-state index contributed by atoms with van der Waals surface area (Å²) in [7, 11) is 1.45. The van der Waals surface area contributed by atoms with E-state index in [2.05, 4.69) is 31.9 Å². The Kier molecular flexibility index (Phi) is 8.51. The number of alkyl halides is 5. The summed E-state index contributed by atoms with van der Waals surface area (Å²) in [6, 6.07) is -2.17. The molecular formula is C20H34F5N7O. The monoisotopic (exact) mass is 483 g/mol. The summed E-state index contributed by atoms with van der Waals surface area (Å²) in [6.45, 7) is 4.10. The first-order chi connectivity index (χ1) is 15.4. The molecule has 2 saturated heterocycles. The predicted molar refractivity (Wildman–Crippen MR) is 113 cm³/mol. The van der Waals surface area contributed by atoms with Crippen LogP contribution in [0.1, 0.15) is 39.5 Å². The first kappa shape index (κ1) is 26.0. The van der Waals surface area contributed by atoms with Gasteiger partial charge >= 0.3 is 6.18 Å². The van der Waals surface area contributed by atoms with Crippen molar-refractivity contribution in [2.45, 2.75) is 76.3 Å². The highest BCUT2D eigenvalue weighted by Gasteiger charge is 2.52. The summed E-state index contributed by atoms with van der Waals surface area (Å²) >= 11 is 0. The van der Waals surface area contributed by atoms with Crippen molar-refractivity contribution >= 4 is 11.9 Å². The van der Waals surface area contributed by atoms with E-state index < -0.39 is 42.6 Å². The van der Waals surface area contributed by atoms with E-state index in [-0.39, 0.29) is 49.6 Å². The standard InChI is InChI=1S/C20H34F5N7O/c1-10(2)8-26-19(28-18(33)14-9-32(3)31-17(14)20(23,24)25)27-16-7-15(29-30-16)11-4-12(21)6-13(22)5-11/h10-17,29-31H,4-9H2,1-3H3,(H2,26,27,28,33). The Hall–Kier alpha value is -1.57. The van der Waals surface area contributed by atoms with Gasteiger partial charge in [-0.3, -0.25) is 20.5 Å².